The quantitative estimate of drug-likeness (QED) is 0.725. The zero-order valence-electron chi connectivity index (χ0n) is 13.2. The van der Waals surface area contributed by atoms with Gasteiger partial charge in [0.25, 0.3) is 0 Å². The number of carbonyl (C=O) groups is 1. The van der Waals surface area contributed by atoms with E-state index >= 15 is 0 Å². The standard InChI is InChI=1S/C17H21N3O2S/c1-12-5-3-4-6-15(12)17(18,16(21)22)9-14(23-2)8-7-13-10-19-11-20-13/h3-8,10-11,14H,9,18H2,1-2H3,(H,19,20)(H,21,22). The molecule has 1 heterocycles. The molecule has 0 spiro atoms. The first-order chi connectivity index (χ1) is 11.0. The molecule has 2 atom stereocenters. The number of imidazole rings is 1. The van der Waals surface area contributed by atoms with Gasteiger partial charge in [-0.3, -0.25) is 0 Å². The van der Waals surface area contributed by atoms with Gasteiger partial charge in [0.1, 0.15) is 5.54 Å². The number of hydrogen-bond donors (Lipinski definition) is 3. The van der Waals surface area contributed by atoms with Crippen molar-refractivity contribution in [1.82, 2.24) is 9.97 Å². The van der Waals surface area contributed by atoms with E-state index in [4.69, 9.17) is 5.73 Å². The molecule has 2 unspecified atom stereocenters. The number of aromatic amines is 1. The number of nitrogens with zero attached hydrogens (tertiary/aromatic N) is 1. The first kappa shape index (κ1) is 17.3. The Balaban J connectivity index is 2.27. The minimum atomic E-state index is -1.42. The van der Waals surface area contributed by atoms with Crippen LogP contribution >= 0.6 is 11.8 Å². The molecular weight excluding hydrogens is 310 g/mol. The van der Waals surface area contributed by atoms with Crippen LogP contribution in [0.2, 0.25) is 0 Å². The number of thioether (sulfide) groups is 1. The van der Waals surface area contributed by atoms with E-state index in [-0.39, 0.29) is 5.25 Å². The van der Waals surface area contributed by atoms with Crippen molar-refractivity contribution in [2.24, 2.45) is 5.73 Å². The molecule has 1 aromatic heterocycles. The van der Waals surface area contributed by atoms with Gasteiger partial charge >= 0.3 is 5.97 Å². The number of H-pyrrole nitrogens is 1. The van der Waals surface area contributed by atoms with Crippen molar-refractivity contribution in [2.45, 2.75) is 24.1 Å². The fraction of sp³-hybridized carbons (Fsp3) is 0.294. The van der Waals surface area contributed by atoms with E-state index in [0.29, 0.717) is 12.0 Å². The van der Waals surface area contributed by atoms with Crippen LogP contribution < -0.4 is 5.73 Å². The van der Waals surface area contributed by atoms with Crippen molar-refractivity contribution in [3.8, 4) is 0 Å². The van der Waals surface area contributed by atoms with E-state index in [1.165, 1.54) is 0 Å². The van der Waals surface area contributed by atoms with Gasteiger partial charge in [-0.25, -0.2) is 9.78 Å². The van der Waals surface area contributed by atoms with Crippen molar-refractivity contribution in [1.29, 1.82) is 0 Å². The fourth-order valence-corrected chi connectivity index (χ4v) is 3.17. The number of rotatable bonds is 7. The summed E-state index contributed by atoms with van der Waals surface area (Å²) in [5, 5.41) is 9.70. The summed E-state index contributed by atoms with van der Waals surface area (Å²) in [6, 6.07) is 7.38. The lowest BCUT2D eigenvalue weighted by molar-refractivity contribution is -0.144. The average molecular weight is 331 g/mol. The summed E-state index contributed by atoms with van der Waals surface area (Å²) in [7, 11) is 0. The second kappa shape index (κ2) is 7.48. The normalized spacial score (nSPS) is 15.4. The van der Waals surface area contributed by atoms with Gasteiger partial charge in [0.15, 0.2) is 0 Å². The van der Waals surface area contributed by atoms with E-state index in [1.54, 1.807) is 30.4 Å². The lowest BCUT2D eigenvalue weighted by atomic mass is 9.83. The number of carboxylic acid groups (broad SMARTS) is 1. The summed E-state index contributed by atoms with van der Waals surface area (Å²) in [6.07, 6.45) is 9.42. The van der Waals surface area contributed by atoms with Crippen LogP contribution in [0.15, 0.2) is 42.9 Å². The maximum absolute atomic E-state index is 11.9. The Kier molecular flexibility index (Phi) is 5.63. The predicted octanol–water partition coefficient (Wildman–Crippen LogP) is 2.79. The smallest absolute Gasteiger partial charge is 0.328 e. The first-order valence-corrected chi connectivity index (χ1v) is 8.54. The highest BCUT2D eigenvalue weighted by Crippen LogP contribution is 2.31. The van der Waals surface area contributed by atoms with Crippen LogP contribution in [0.1, 0.15) is 23.2 Å². The number of nitrogens with two attached hydrogens (primary N) is 1. The predicted molar refractivity (Wildman–Crippen MR) is 94.2 cm³/mol. The average Bonchev–Trinajstić information content (AvgIpc) is 3.04. The number of aliphatic carboxylic acids is 1. The largest absolute Gasteiger partial charge is 0.480 e. The maximum Gasteiger partial charge on any atom is 0.328 e. The number of aromatic nitrogens is 2. The fourth-order valence-electron chi connectivity index (χ4n) is 2.50. The monoisotopic (exact) mass is 331 g/mol. The summed E-state index contributed by atoms with van der Waals surface area (Å²) < 4.78 is 0. The molecule has 0 aliphatic rings. The number of carboxylic acids is 1. The Labute approximate surface area is 140 Å². The molecule has 0 aliphatic heterocycles. The molecule has 0 aliphatic carbocycles. The van der Waals surface area contributed by atoms with Crippen LogP contribution in [-0.2, 0) is 10.3 Å². The molecule has 0 fully saturated rings. The zero-order valence-corrected chi connectivity index (χ0v) is 14.0. The Morgan fingerprint density at radius 3 is 2.83 bits per heavy atom. The van der Waals surface area contributed by atoms with Gasteiger partial charge in [-0.15, -0.1) is 0 Å². The van der Waals surface area contributed by atoms with Gasteiger partial charge < -0.3 is 15.8 Å². The highest BCUT2D eigenvalue weighted by atomic mass is 32.2. The summed E-state index contributed by atoms with van der Waals surface area (Å²) >= 11 is 1.57. The van der Waals surface area contributed by atoms with E-state index in [0.717, 1.165) is 11.3 Å². The molecule has 0 amide bonds. The summed E-state index contributed by atoms with van der Waals surface area (Å²) in [5.41, 5.74) is 7.31. The highest BCUT2D eigenvalue weighted by molar-refractivity contribution is 7.99. The summed E-state index contributed by atoms with van der Waals surface area (Å²) in [5.74, 6) is -1.01. The zero-order chi connectivity index (χ0) is 16.9. The highest BCUT2D eigenvalue weighted by Gasteiger charge is 2.38. The SMILES string of the molecule is CSC(C=Cc1cnc[nH]1)CC(N)(C(=O)O)c1ccccc1C. The van der Waals surface area contributed by atoms with Crippen molar-refractivity contribution < 1.29 is 9.90 Å². The van der Waals surface area contributed by atoms with Gasteiger partial charge in [-0.2, -0.15) is 11.8 Å². The number of hydrogen-bond acceptors (Lipinski definition) is 4. The van der Waals surface area contributed by atoms with E-state index < -0.39 is 11.5 Å². The molecule has 0 bridgehead atoms. The molecule has 0 saturated carbocycles. The molecule has 2 rings (SSSR count). The van der Waals surface area contributed by atoms with E-state index in [9.17, 15) is 9.90 Å². The third kappa shape index (κ3) is 4.03. The van der Waals surface area contributed by atoms with Crippen LogP contribution in [0.3, 0.4) is 0 Å². The van der Waals surface area contributed by atoms with Crippen LogP contribution in [0, 0.1) is 6.92 Å². The minimum absolute atomic E-state index is 0.0287. The van der Waals surface area contributed by atoms with Gasteiger partial charge in [0, 0.05) is 5.25 Å². The Morgan fingerprint density at radius 1 is 1.52 bits per heavy atom. The lowest BCUT2D eigenvalue weighted by Gasteiger charge is -2.29. The van der Waals surface area contributed by atoms with Gasteiger partial charge in [0.2, 0.25) is 0 Å². The minimum Gasteiger partial charge on any atom is -0.480 e. The van der Waals surface area contributed by atoms with Gasteiger partial charge in [-0.05, 0) is 36.8 Å². The van der Waals surface area contributed by atoms with E-state index in [1.807, 2.05) is 43.5 Å². The van der Waals surface area contributed by atoms with Crippen molar-refractivity contribution >= 4 is 23.8 Å². The third-order valence-corrected chi connectivity index (χ3v) is 4.77. The van der Waals surface area contributed by atoms with Gasteiger partial charge in [-0.1, -0.05) is 30.3 Å². The molecule has 0 radical (unpaired) electrons. The summed E-state index contributed by atoms with van der Waals surface area (Å²) in [6.45, 7) is 1.88. The molecule has 1 aromatic carbocycles. The molecule has 5 nitrogen and oxygen atoms in total. The summed E-state index contributed by atoms with van der Waals surface area (Å²) in [4.78, 5) is 18.8. The number of aryl methyl sites for hydroxylation is 1. The first-order valence-electron chi connectivity index (χ1n) is 7.25. The van der Waals surface area contributed by atoms with Crippen LogP contribution in [-0.4, -0.2) is 32.5 Å². The Hall–Kier alpha value is -2.05. The van der Waals surface area contributed by atoms with E-state index in [2.05, 4.69) is 9.97 Å². The molecule has 122 valence electrons. The van der Waals surface area contributed by atoms with Crippen molar-refractivity contribution in [3.63, 3.8) is 0 Å². The van der Waals surface area contributed by atoms with Crippen molar-refractivity contribution in [2.75, 3.05) is 6.26 Å². The third-order valence-electron chi connectivity index (χ3n) is 3.84. The molecule has 4 N–H and O–H groups in total. The number of nitrogens with one attached hydrogen (secondary N) is 1. The molecular formula is C17H21N3O2S. The van der Waals surface area contributed by atoms with Crippen molar-refractivity contribution in [3.05, 3.63) is 59.7 Å². The topological polar surface area (TPSA) is 92.0 Å². The second-order valence-corrected chi connectivity index (χ2v) is 6.51. The van der Waals surface area contributed by atoms with Gasteiger partial charge in [0.05, 0.1) is 18.2 Å². The molecule has 2 aromatic rings. The second-order valence-electron chi connectivity index (χ2n) is 5.44. The van der Waals surface area contributed by atoms with Crippen LogP contribution in [0.4, 0.5) is 0 Å². The number of benzene rings is 1. The molecule has 6 heteroatoms. The Morgan fingerprint density at radius 2 is 2.26 bits per heavy atom. The van der Waals surface area contributed by atoms with Crippen LogP contribution in [0.25, 0.3) is 6.08 Å². The maximum atomic E-state index is 11.9. The lowest BCUT2D eigenvalue weighted by Crippen LogP contribution is -2.47. The van der Waals surface area contributed by atoms with Crippen LogP contribution in [0.5, 0.6) is 0 Å². The Bertz CT molecular complexity index is 685. The molecule has 0 saturated heterocycles. The molecule has 23 heavy (non-hydrogen) atoms.